The van der Waals surface area contributed by atoms with Gasteiger partial charge in [-0.1, -0.05) is 0 Å². The molecule has 0 saturated heterocycles. The lowest BCUT2D eigenvalue weighted by molar-refractivity contribution is -0.385. The van der Waals surface area contributed by atoms with E-state index < -0.39 is 28.5 Å². The molecule has 0 fully saturated rings. The highest BCUT2D eigenvalue weighted by atomic mass is 16.6. The van der Waals surface area contributed by atoms with Gasteiger partial charge in [0.15, 0.2) is 6.10 Å². The zero-order valence-corrected chi connectivity index (χ0v) is 13.8. The highest BCUT2D eigenvalue weighted by molar-refractivity contribution is 5.96. The normalized spacial score (nSPS) is 12.2. The standard InChI is InChI=1S/C15H21N3O5/c1-9-8-11(6-7-12(9)18(21)22)23-10(2)13(19)16-14(20)17-15(3,4)5/h6-8,10H,1-5H3,(H2,16,17,19,20)/t10-/m1/s1. The minimum Gasteiger partial charge on any atom is -0.481 e. The smallest absolute Gasteiger partial charge is 0.321 e. The average Bonchev–Trinajstić information content (AvgIpc) is 2.35. The van der Waals surface area contributed by atoms with Crippen LogP contribution in [0, 0.1) is 17.0 Å². The maximum absolute atomic E-state index is 11.9. The number of ether oxygens (including phenoxy) is 1. The Morgan fingerprint density at radius 2 is 1.91 bits per heavy atom. The fraction of sp³-hybridized carbons (Fsp3) is 0.467. The Hall–Kier alpha value is -2.64. The largest absolute Gasteiger partial charge is 0.481 e. The minimum atomic E-state index is -0.929. The van der Waals surface area contributed by atoms with Crippen LogP contribution >= 0.6 is 0 Å². The molecule has 0 aliphatic carbocycles. The molecule has 8 nitrogen and oxygen atoms in total. The lowest BCUT2D eigenvalue weighted by Crippen LogP contribution is -2.50. The molecule has 1 atom stereocenters. The number of hydrogen-bond acceptors (Lipinski definition) is 5. The van der Waals surface area contributed by atoms with Crippen molar-refractivity contribution >= 4 is 17.6 Å². The fourth-order valence-corrected chi connectivity index (χ4v) is 1.75. The second-order valence-corrected chi connectivity index (χ2v) is 6.16. The topological polar surface area (TPSA) is 111 Å². The molecule has 1 aromatic carbocycles. The average molecular weight is 323 g/mol. The fourth-order valence-electron chi connectivity index (χ4n) is 1.75. The molecule has 0 unspecified atom stereocenters. The SMILES string of the molecule is Cc1cc(O[C@H](C)C(=O)NC(=O)NC(C)(C)C)ccc1[N+](=O)[O-]. The van der Waals surface area contributed by atoms with Crippen LogP contribution < -0.4 is 15.4 Å². The number of amides is 3. The summed E-state index contributed by atoms with van der Waals surface area (Å²) in [6.07, 6.45) is -0.929. The molecule has 2 N–H and O–H groups in total. The number of hydrogen-bond donors (Lipinski definition) is 2. The van der Waals surface area contributed by atoms with Gasteiger partial charge in [-0.25, -0.2) is 4.79 Å². The number of nitrogens with one attached hydrogen (secondary N) is 2. The van der Waals surface area contributed by atoms with Gasteiger partial charge < -0.3 is 10.1 Å². The van der Waals surface area contributed by atoms with E-state index in [1.54, 1.807) is 27.7 Å². The molecule has 8 heteroatoms. The lowest BCUT2D eigenvalue weighted by Gasteiger charge is -2.21. The molecule has 0 saturated carbocycles. The first-order chi connectivity index (χ1) is 10.5. The maximum atomic E-state index is 11.9. The van der Waals surface area contributed by atoms with Crippen LogP contribution in [0.4, 0.5) is 10.5 Å². The Labute approximate surface area is 134 Å². The monoisotopic (exact) mass is 323 g/mol. The molecule has 0 aliphatic rings. The van der Waals surface area contributed by atoms with Crippen LogP contribution in [0.3, 0.4) is 0 Å². The van der Waals surface area contributed by atoms with E-state index in [2.05, 4.69) is 10.6 Å². The van der Waals surface area contributed by atoms with Crippen LogP contribution in [-0.4, -0.2) is 28.5 Å². The van der Waals surface area contributed by atoms with Crippen LogP contribution in [0.1, 0.15) is 33.3 Å². The highest BCUT2D eigenvalue weighted by Gasteiger charge is 2.21. The van der Waals surface area contributed by atoms with E-state index >= 15 is 0 Å². The molecule has 3 amide bonds. The van der Waals surface area contributed by atoms with Gasteiger partial charge >= 0.3 is 6.03 Å². The molecule has 0 bridgehead atoms. The summed E-state index contributed by atoms with van der Waals surface area (Å²) in [5, 5.41) is 15.5. The van der Waals surface area contributed by atoms with Gasteiger partial charge in [-0.3, -0.25) is 20.2 Å². The molecule has 1 aromatic rings. The predicted molar refractivity (Wildman–Crippen MR) is 84.4 cm³/mol. The number of benzene rings is 1. The molecule has 23 heavy (non-hydrogen) atoms. The Balaban J connectivity index is 2.67. The Kier molecular flexibility index (Phi) is 5.67. The third kappa shape index (κ3) is 5.93. The van der Waals surface area contributed by atoms with Crippen molar-refractivity contribution in [2.45, 2.75) is 46.3 Å². The van der Waals surface area contributed by atoms with Crippen LogP contribution in [0.15, 0.2) is 18.2 Å². The summed E-state index contributed by atoms with van der Waals surface area (Å²) in [6.45, 7) is 8.42. The number of carbonyl (C=O) groups is 2. The van der Waals surface area contributed by atoms with Crippen LogP contribution in [-0.2, 0) is 4.79 Å². The molecular weight excluding hydrogens is 302 g/mol. The quantitative estimate of drug-likeness (QED) is 0.652. The molecule has 0 heterocycles. The highest BCUT2D eigenvalue weighted by Crippen LogP contribution is 2.23. The first kappa shape index (κ1) is 18.4. The predicted octanol–water partition coefficient (Wildman–Crippen LogP) is 2.29. The van der Waals surface area contributed by atoms with Gasteiger partial charge in [0.2, 0.25) is 0 Å². The van der Waals surface area contributed by atoms with E-state index in [0.717, 1.165) is 0 Å². The van der Waals surface area contributed by atoms with E-state index in [9.17, 15) is 19.7 Å². The number of aryl methyl sites for hydroxylation is 1. The number of carbonyl (C=O) groups excluding carboxylic acids is 2. The van der Waals surface area contributed by atoms with Crippen LogP contribution in [0.2, 0.25) is 0 Å². The summed E-state index contributed by atoms with van der Waals surface area (Å²) < 4.78 is 5.41. The van der Waals surface area contributed by atoms with Gasteiger partial charge in [-0.2, -0.15) is 0 Å². The van der Waals surface area contributed by atoms with Crippen molar-refractivity contribution in [1.29, 1.82) is 0 Å². The van der Waals surface area contributed by atoms with E-state index in [0.29, 0.717) is 11.3 Å². The Morgan fingerprint density at radius 3 is 2.39 bits per heavy atom. The number of nitro groups is 1. The number of urea groups is 1. The van der Waals surface area contributed by atoms with E-state index in [-0.39, 0.29) is 5.69 Å². The summed E-state index contributed by atoms with van der Waals surface area (Å²) >= 11 is 0. The molecule has 1 rings (SSSR count). The van der Waals surface area contributed by atoms with Crippen molar-refractivity contribution in [3.05, 3.63) is 33.9 Å². The minimum absolute atomic E-state index is 0.0287. The number of rotatable bonds is 4. The molecular formula is C15H21N3O5. The molecule has 0 aliphatic heterocycles. The summed E-state index contributed by atoms with van der Waals surface area (Å²) in [5.41, 5.74) is -0.0752. The van der Waals surface area contributed by atoms with E-state index in [4.69, 9.17) is 4.74 Å². The molecule has 0 aromatic heterocycles. The summed E-state index contributed by atoms with van der Waals surface area (Å²) in [6, 6.07) is 3.57. The van der Waals surface area contributed by atoms with Gasteiger partial charge in [-0.15, -0.1) is 0 Å². The van der Waals surface area contributed by atoms with Gasteiger partial charge in [0.25, 0.3) is 11.6 Å². The van der Waals surface area contributed by atoms with Crippen molar-refractivity contribution < 1.29 is 19.2 Å². The van der Waals surface area contributed by atoms with Crippen molar-refractivity contribution in [3.63, 3.8) is 0 Å². The lowest BCUT2D eigenvalue weighted by atomic mass is 10.1. The third-order valence-corrected chi connectivity index (χ3v) is 2.77. The molecule has 126 valence electrons. The number of nitro benzene ring substituents is 1. The first-order valence-corrected chi connectivity index (χ1v) is 7.04. The second kappa shape index (κ2) is 7.08. The Morgan fingerprint density at radius 1 is 1.30 bits per heavy atom. The summed E-state index contributed by atoms with van der Waals surface area (Å²) in [5.74, 6) is -0.297. The van der Waals surface area contributed by atoms with Gasteiger partial charge in [-0.05, 0) is 46.8 Å². The molecule has 0 radical (unpaired) electrons. The van der Waals surface area contributed by atoms with Crippen molar-refractivity contribution in [1.82, 2.24) is 10.6 Å². The van der Waals surface area contributed by atoms with Crippen molar-refractivity contribution in [3.8, 4) is 5.75 Å². The number of imide groups is 1. The van der Waals surface area contributed by atoms with Gasteiger partial charge in [0.1, 0.15) is 5.75 Å². The van der Waals surface area contributed by atoms with Crippen LogP contribution in [0.25, 0.3) is 0 Å². The molecule has 0 spiro atoms. The van der Waals surface area contributed by atoms with Crippen molar-refractivity contribution in [2.75, 3.05) is 0 Å². The van der Waals surface area contributed by atoms with E-state index in [1.807, 2.05) is 0 Å². The number of nitrogens with zero attached hydrogens (tertiary/aromatic N) is 1. The Bertz CT molecular complexity index is 622. The van der Waals surface area contributed by atoms with Crippen molar-refractivity contribution in [2.24, 2.45) is 0 Å². The van der Waals surface area contributed by atoms with Crippen LogP contribution in [0.5, 0.6) is 5.75 Å². The zero-order chi connectivity index (χ0) is 17.8. The summed E-state index contributed by atoms with van der Waals surface area (Å²) in [7, 11) is 0. The first-order valence-electron chi connectivity index (χ1n) is 7.04. The maximum Gasteiger partial charge on any atom is 0.321 e. The second-order valence-electron chi connectivity index (χ2n) is 6.16. The third-order valence-electron chi connectivity index (χ3n) is 2.77. The summed E-state index contributed by atoms with van der Waals surface area (Å²) in [4.78, 5) is 33.8. The van der Waals surface area contributed by atoms with Gasteiger partial charge in [0.05, 0.1) is 4.92 Å². The zero-order valence-electron chi connectivity index (χ0n) is 13.8. The van der Waals surface area contributed by atoms with Gasteiger partial charge in [0, 0.05) is 17.2 Å². The van der Waals surface area contributed by atoms with E-state index in [1.165, 1.54) is 25.1 Å².